The standard InChI is InChI=1S/C7H9ClNPS/c1-4-3-5(10)11-6(4)7(8)9-2/h3H,10H2,1-2H3/b9-7-. The van der Waals surface area contributed by atoms with E-state index >= 15 is 0 Å². The highest BCUT2D eigenvalue weighted by atomic mass is 35.5. The number of aliphatic imine (C=N–C) groups is 1. The lowest BCUT2D eigenvalue weighted by Gasteiger charge is -1.92. The summed E-state index contributed by atoms with van der Waals surface area (Å²) in [5, 5.41) is 0.598. The van der Waals surface area contributed by atoms with E-state index in [1.54, 1.807) is 18.4 Å². The number of hydrogen-bond acceptors (Lipinski definition) is 2. The van der Waals surface area contributed by atoms with Gasteiger partial charge in [0.2, 0.25) is 0 Å². The van der Waals surface area contributed by atoms with Crippen molar-refractivity contribution in [2.24, 2.45) is 4.99 Å². The topological polar surface area (TPSA) is 12.4 Å². The zero-order valence-corrected chi connectivity index (χ0v) is 9.12. The molecular formula is C7H9ClNPS. The lowest BCUT2D eigenvalue weighted by Crippen LogP contribution is -1.87. The molecule has 1 atom stereocenters. The van der Waals surface area contributed by atoms with E-state index in [-0.39, 0.29) is 0 Å². The van der Waals surface area contributed by atoms with Crippen molar-refractivity contribution in [3.63, 3.8) is 0 Å². The molecule has 1 heterocycles. The summed E-state index contributed by atoms with van der Waals surface area (Å²) in [6, 6.07) is 2.08. The third-order valence-corrected chi connectivity index (χ3v) is 3.38. The molecule has 0 bridgehead atoms. The molecule has 0 aliphatic carbocycles. The van der Waals surface area contributed by atoms with Crippen LogP contribution in [-0.2, 0) is 0 Å². The van der Waals surface area contributed by atoms with Crippen LogP contribution in [-0.4, -0.2) is 12.2 Å². The van der Waals surface area contributed by atoms with Gasteiger partial charge in [-0.15, -0.1) is 11.3 Å². The molecule has 0 amide bonds. The number of hydrogen-bond donors (Lipinski definition) is 0. The van der Waals surface area contributed by atoms with E-state index in [1.807, 2.05) is 6.92 Å². The van der Waals surface area contributed by atoms with E-state index in [2.05, 4.69) is 20.3 Å². The van der Waals surface area contributed by atoms with Crippen LogP contribution in [0.1, 0.15) is 10.4 Å². The highest BCUT2D eigenvalue weighted by Gasteiger charge is 2.06. The first kappa shape index (κ1) is 9.18. The number of aryl methyl sites for hydroxylation is 1. The highest BCUT2D eigenvalue weighted by Crippen LogP contribution is 2.18. The maximum atomic E-state index is 5.86. The van der Waals surface area contributed by atoms with Gasteiger partial charge in [-0.2, -0.15) is 0 Å². The number of thiophene rings is 1. The van der Waals surface area contributed by atoms with Crippen LogP contribution in [0.15, 0.2) is 11.1 Å². The Kier molecular flexibility index (Phi) is 3.06. The molecule has 1 nitrogen and oxygen atoms in total. The van der Waals surface area contributed by atoms with E-state index in [9.17, 15) is 0 Å². The average molecular weight is 206 g/mol. The molecule has 11 heavy (non-hydrogen) atoms. The molecule has 4 heteroatoms. The molecule has 0 radical (unpaired) electrons. The van der Waals surface area contributed by atoms with Crippen LogP contribution in [0.3, 0.4) is 0 Å². The molecule has 60 valence electrons. The van der Waals surface area contributed by atoms with Crippen LogP contribution in [0.2, 0.25) is 0 Å². The maximum absolute atomic E-state index is 5.86. The van der Waals surface area contributed by atoms with E-state index in [4.69, 9.17) is 11.6 Å². The second-order valence-corrected chi connectivity index (χ2v) is 4.66. The van der Waals surface area contributed by atoms with Crippen LogP contribution in [0.4, 0.5) is 0 Å². The van der Waals surface area contributed by atoms with E-state index in [0.29, 0.717) is 5.17 Å². The van der Waals surface area contributed by atoms with Gasteiger partial charge in [0.25, 0.3) is 0 Å². The second kappa shape index (κ2) is 3.66. The van der Waals surface area contributed by atoms with Gasteiger partial charge < -0.3 is 0 Å². The van der Waals surface area contributed by atoms with E-state index in [0.717, 1.165) is 4.88 Å². The molecular weight excluding hydrogens is 197 g/mol. The Labute approximate surface area is 77.7 Å². The first-order chi connectivity index (χ1) is 5.15. The summed E-state index contributed by atoms with van der Waals surface area (Å²) < 4.78 is 1.19. The molecule has 1 aromatic heterocycles. The molecule has 0 aromatic carbocycles. The van der Waals surface area contributed by atoms with Crippen LogP contribution in [0, 0.1) is 6.92 Å². The third kappa shape index (κ3) is 2.02. The fraction of sp³-hybridized carbons (Fsp3) is 0.286. The normalized spacial score (nSPS) is 12.2. The minimum Gasteiger partial charge on any atom is -0.275 e. The lowest BCUT2D eigenvalue weighted by molar-refractivity contribution is 1.45. The average Bonchev–Trinajstić information content (AvgIpc) is 2.28. The summed E-state index contributed by atoms with van der Waals surface area (Å²) in [7, 11) is 4.35. The van der Waals surface area contributed by atoms with Gasteiger partial charge in [0.15, 0.2) is 0 Å². The Morgan fingerprint density at radius 2 is 2.36 bits per heavy atom. The summed E-state index contributed by atoms with van der Waals surface area (Å²) in [4.78, 5) is 4.98. The van der Waals surface area contributed by atoms with Crippen LogP contribution >= 0.6 is 32.2 Å². The largest absolute Gasteiger partial charge is 0.275 e. The van der Waals surface area contributed by atoms with Gasteiger partial charge in [-0.3, -0.25) is 4.99 Å². The van der Waals surface area contributed by atoms with Crippen molar-refractivity contribution in [2.75, 3.05) is 7.05 Å². The molecule has 0 spiro atoms. The molecule has 0 saturated heterocycles. The Morgan fingerprint density at radius 3 is 2.73 bits per heavy atom. The molecule has 0 aliphatic rings. The molecule has 1 unspecified atom stereocenters. The molecule has 1 aromatic rings. The lowest BCUT2D eigenvalue weighted by atomic mass is 10.3. The maximum Gasteiger partial charge on any atom is 0.140 e. The summed E-state index contributed by atoms with van der Waals surface area (Å²) in [5.41, 5.74) is 1.19. The van der Waals surface area contributed by atoms with Crippen molar-refractivity contribution in [1.29, 1.82) is 0 Å². The monoisotopic (exact) mass is 205 g/mol. The fourth-order valence-corrected chi connectivity index (χ4v) is 2.55. The zero-order valence-electron chi connectivity index (χ0n) is 6.39. The summed E-state index contributed by atoms with van der Waals surface area (Å²) in [5.74, 6) is 0. The fourth-order valence-electron chi connectivity index (χ4n) is 0.813. The Bertz CT molecular complexity index is 293. The van der Waals surface area contributed by atoms with Gasteiger partial charge in [0.1, 0.15) is 5.17 Å². The van der Waals surface area contributed by atoms with E-state index < -0.39 is 0 Å². The minimum atomic E-state index is 0.598. The predicted octanol–water partition coefficient (Wildman–Crippen LogP) is 2.17. The Hall–Kier alpha value is 0.0900. The van der Waals surface area contributed by atoms with Gasteiger partial charge in [0.05, 0.1) is 4.88 Å². The summed E-state index contributed by atoms with van der Waals surface area (Å²) in [6.07, 6.45) is 0. The van der Waals surface area contributed by atoms with Crippen LogP contribution in [0.25, 0.3) is 0 Å². The Balaban J connectivity index is 3.13. The molecule has 0 N–H and O–H groups in total. The molecule has 0 aliphatic heterocycles. The third-order valence-electron chi connectivity index (χ3n) is 1.32. The van der Waals surface area contributed by atoms with Crippen molar-refractivity contribution in [1.82, 2.24) is 0 Å². The molecule has 1 rings (SSSR count). The van der Waals surface area contributed by atoms with Crippen molar-refractivity contribution in [3.8, 4) is 0 Å². The number of rotatable bonds is 1. The van der Waals surface area contributed by atoms with E-state index in [1.165, 1.54) is 10.2 Å². The predicted molar refractivity (Wildman–Crippen MR) is 56.7 cm³/mol. The van der Waals surface area contributed by atoms with Crippen LogP contribution < -0.4 is 4.62 Å². The zero-order chi connectivity index (χ0) is 8.43. The van der Waals surface area contributed by atoms with Crippen LogP contribution in [0.5, 0.6) is 0 Å². The van der Waals surface area contributed by atoms with Gasteiger partial charge in [0, 0.05) is 11.7 Å². The SMILES string of the molecule is C/N=C(\Cl)c1sc(P)cc1C. The smallest absolute Gasteiger partial charge is 0.140 e. The second-order valence-electron chi connectivity index (χ2n) is 2.18. The summed E-state index contributed by atoms with van der Waals surface area (Å²) in [6.45, 7) is 2.03. The minimum absolute atomic E-state index is 0.598. The van der Waals surface area contributed by atoms with Crippen molar-refractivity contribution in [3.05, 3.63) is 16.5 Å². The van der Waals surface area contributed by atoms with Crippen molar-refractivity contribution < 1.29 is 0 Å². The quantitative estimate of drug-likeness (QED) is 0.492. The van der Waals surface area contributed by atoms with Crippen molar-refractivity contribution in [2.45, 2.75) is 6.92 Å². The first-order valence-electron chi connectivity index (χ1n) is 3.13. The first-order valence-corrected chi connectivity index (χ1v) is 4.91. The summed E-state index contributed by atoms with van der Waals surface area (Å²) >= 11 is 7.51. The molecule has 0 fully saturated rings. The number of nitrogens with zero attached hydrogens (tertiary/aromatic N) is 1. The van der Waals surface area contributed by atoms with Gasteiger partial charge in [-0.25, -0.2) is 0 Å². The highest BCUT2D eigenvalue weighted by molar-refractivity contribution is 7.44. The van der Waals surface area contributed by atoms with Gasteiger partial charge in [-0.1, -0.05) is 20.8 Å². The van der Waals surface area contributed by atoms with Gasteiger partial charge >= 0.3 is 0 Å². The van der Waals surface area contributed by atoms with Crippen molar-refractivity contribution >= 4 is 42.0 Å². The molecule has 0 saturated carbocycles. The number of halogens is 1. The van der Waals surface area contributed by atoms with Gasteiger partial charge in [-0.05, 0) is 18.6 Å². The Morgan fingerprint density at radius 1 is 1.73 bits per heavy atom.